The van der Waals surface area contributed by atoms with Crippen molar-refractivity contribution in [2.75, 3.05) is 26.9 Å². The number of carbonyl (C=O) groups is 1. The van der Waals surface area contributed by atoms with Gasteiger partial charge < -0.3 is 14.4 Å². The molecule has 0 radical (unpaired) electrons. The molecule has 4 rings (SSSR count). The highest BCUT2D eigenvalue weighted by Crippen LogP contribution is 2.24. The first-order valence-corrected chi connectivity index (χ1v) is 12.4. The Kier molecular flexibility index (Phi) is 8.26. The first kappa shape index (κ1) is 26.4. The average molecular weight is 520 g/mol. The molecule has 4 aromatic rings. The third-order valence-electron chi connectivity index (χ3n) is 6.42. The molecule has 192 valence electrons. The number of benzene rings is 3. The van der Waals surface area contributed by atoms with Gasteiger partial charge in [-0.3, -0.25) is 14.2 Å². The number of aromatic nitrogens is 2. The molecule has 1 amide bonds. The maximum atomic E-state index is 13.8. The molecule has 0 aliphatic heterocycles. The Hall–Kier alpha value is -3.68. The molecule has 0 aliphatic rings. The second-order valence-electron chi connectivity index (χ2n) is 8.89. The molecule has 0 saturated carbocycles. The minimum atomic E-state index is -0.546. The van der Waals surface area contributed by atoms with Gasteiger partial charge in [-0.05, 0) is 80.4 Å². The van der Waals surface area contributed by atoms with Gasteiger partial charge >= 0.3 is 0 Å². The Labute approximate surface area is 221 Å². The van der Waals surface area contributed by atoms with E-state index in [4.69, 9.17) is 26.1 Å². The standard InChI is InChI=1S/C29H30ClN3O4/c1-19-9-12-23(17-20(19)2)33-28(31-26-8-6-5-7-25(26)29(33)35)21(3)32(15-16-36-4)27(34)18-37-24-13-10-22(30)11-14-24/h5-14,17,21H,15-16,18H2,1-4H3. The van der Waals surface area contributed by atoms with Gasteiger partial charge in [0.2, 0.25) is 0 Å². The van der Waals surface area contributed by atoms with Crippen molar-refractivity contribution in [3.8, 4) is 11.4 Å². The molecule has 37 heavy (non-hydrogen) atoms. The van der Waals surface area contributed by atoms with Crippen LogP contribution in [0.1, 0.15) is 29.9 Å². The van der Waals surface area contributed by atoms with Crippen LogP contribution >= 0.6 is 11.6 Å². The van der Waals surface area contributed by atoms with Crippen molar-refractivity contribution in [3.63, 3.8) is 0 Å². The van der Waals surface area contributed by atoms with Crippen molar-refractivity contribution in [1.82, 2.24) is 14.5 Å². The van der Waals surface area contributed by atoms with Gasteiger partial charge in [-0.15, -0.1) is 0 Å². The zero-order valence-corrected chi connectivity index (χ0v) is 22.2. The third-order valence-corrected chi connectivity index (χ3v) is 6.68. The molecule has 0 bridgehead atoms. The number of halogens is 1. The molecular weight excluding hydrogens is 490 g/mol. The van der Waals surface area contributed by atoms with Crippen molar-refractivity contribution >= 4 is 28.4 Å². The lowest BCUT2D eigenvalue weighted by atomic mass is 10.1. The summed E-state index contributed by atoms with van der Waals surface area (Å²) in [6.07, 6.45) is 0. The Morgan fingerprint density at radius 1 is 1.05 bits per heavy atom. The first-order valence-electron chi connectivity index (χ1n) is 12.1. The highest BCUT2D eigenvalue weighted by Gasteiger charge is 2.27. The fourth-order valence-corrected chi connectivity index (χ4v) is 4.29. The zero-order chi connectivity index (χ0) is 26.5. The maximum Gasteiger partial charge on any atom is 0.266 e. The molecule has 1 heterocycles. The Balaban J connectivity index is 1.76. The summed E-state index contributed by atoms with van der Waals surface area (Å²) in [6, 6.07) is 19.4. The summed E-state index contributed by atoms with van der Waals surface area (Å²) in [4.78, 5) is 33.7. The van der Waals surface area contributed by atoms with Crippen molar-refractivity contribution in [2.24, 2.45) is 0 Å². The first-order chi connectivity index (χ1) is 17.8. The van der Waals surface area contributed by atoms with E-state index in [1.165, 1.54) is 0 Å². The molecule has 1 atom stereocenters. The van der Waals surface area contributed by atoms with Gasteiger partial charge in [-0.2, -0.15) is 0 Å². The van der Waals surface area contributed by atoms with Crippen molar-refractivity contribution in [1.29, 1.82) is 0 Å². The zero-order valence-electron chi connectivity index (χ0n) is 21.4. The van der Waals surface area contributed by atoms with Crippen LogP contribution in [0.3, 0.4) is 0 Å². The monoisotopic (exact) mass is 519 g/mol. The minimum Gasteiger partial charge on any atom is -0.484 e. The Bertz CT molecular complexity index is 1470. The smallest absolute Gasteiger partial charge is 0.266 e. The van der Waals surface area contributed by atoms with Gasteiger partial charge in [-0.1, -0.05) is 29.8 Å². The molecule has 0 saturated heterocycles. The molecule has 1 aromatic heterocycles. The van der Waals surface area contributed by atoms with Crippen LogP contribution < -0.4 is 10.3 Å². The van der Waals surface area contributed by atoms with Crippen LogP contribution in [0, 0.1) is 13.8 Å². The highest BCUT2D eigenvalue weighted by atomic mass is 35.5. The summed E-state index contributed by atoms with van der Waals surface area (Å²) < 4.78 is 12.6. The number of amides is 1. The summed E-state index contributed by atoms with van der Waals surface area (Å²) >= 11 is 5.95. The van der Waals surface area contributed by atoms with E-state index in [9.17, 15) is 9.59 Å². The largest absolute Gasteiger partial charge is 0.484 e. The predicted octanol–water partition coefficient (Wildman–Crippen LogP) is 5.27. The molecule has 1 unspecified atom stereocenters. The SMILES string of the molecule is COCCN(C(=O)COc1ccc(Cl)cc1)C(C)c1nc2ccccc2c(=O)n1-c1ccc(C)c(C)c1. The number of ether oxygens (including phenoxy) is 2. The van der Waals surface area contributed by atoms with Crippen molar-refractivity contribution in [3.05, 3.63) is 99.1 Å². The second-order valence-corrected chi connectivity index (χ2v) is 9.33. The molecule has 3 aromatic carbocycles. The lowest BCUT2D eigenvalue weighted by Gasteiger charge is -2.30. The summed E-state index contributed by atoms with van der Waals surface area (Å²) in [7, 11) is 1.58. The number of rotatable bonds is 9. The summed E-state index contributed by atoms with van der Waals surface area (Å²) in [6.45, 7) is 6.33. The van der Waals surface area contributed by atoms with Gasteiger partial charge in [0, 0.05) is 18.7 Å². The van der Waals surface area contributed by atoms with Crippen molar-refractivity contribution < 1.29 is 14.3 Å². The van der Waals surface area contributed by atoms with Crippen LogP contribution in [-0.2, 0) is 9.53 Å². The number of hydrogen-bond donors (Lipinski definition) is 0. The molecular formula is C29H30ClN3O4. The number of para-hydroxylation sites is 1. The fraction of sp³-hybridized carbons (Fsp3) is 0.276. The van der Waals surface area contributed by atoms with Gasteiger partial charge in [0.25, 0.3) is 11.5 Å². The number of aryl methyl sites for hydroxylation is 2. The predicted molar refractivity (Wildman–Crippen MR) is 146 cm³/mol. The lowest BCUT2D eigenvalue weighted by molar-refractivity contribution is -0.136. The van der Waals surface area contributed by atoms with Gasteiger partial charge in [0.1, 0.15) is 11.6 Å². The van der Waals surface area contributed by atoms with Crippen molar-refractivity contribution in [2.45, 2.75) is 26.8 Å². The summed E-state index contributed by atoms with van der Waals surface area (Å²) in [5.74, 6) is 0.740. The van der Waals surface area contributed by atoms with Crippen LogP contribution in [0.2, 0.25) is 5.02 Å². The van der Waals surface area contributed by atoms with E-state index < -0.39 is 6.04 Å². The molecule has 7 nitrogen and oxygen atoms in total. The summed E-state index contributed by atoms with van der Waals surface area (Å²) in [5.41, 5.74) is 3.26. The third kappa shape index (κ3) is 5.84. The van der Waals surface area contributed by atoms with Crippen LogP contribution in [0.4, 0.5) is 0 Å². The van der Waals surface area contributed by atoms with Gasteiger partial charge in [0.05, 0.1) is 29.2 Å². The Morgan fingerprint density at radius 3 is 2.49 bits per heavy atom. The van der Waals surface area contributed by atoms with Crippen LogP contribution in [0.5, 0.6) is 5.75 Å². The highest BCUT2D eigenvalue weighted by molar-refractivity contribution is 6.30. The second kappa shape index (κ2) is 11.6. The number of methoxy groups -OCH3 is 1. The molecule has 0 N–H and O–H groups in total. The van der Waals surface area contributed by atoms with E-state index in [-0.39, 0.29) is 18.1 Å². The van der Waals surface area contributed by atoms with E-state index in [0.29, 0.717) is 46.3 Å². The number of carbonyl (C=O) groups excluding carboxylic acids is 1. The van der Waals surface area contributed by atoms with E-state index in [0.717, 1.165) is 11.1 Å². The minimum absolute atomic E-state index is 0.183. The number of fused-ring (bicyclic) bond motifs is 1. The topological polar surface area (TPSA) is 73.7 Å². The van der Waals surface area contributed by atoms with Crippen LogP contribution in [-0.4, -0.2) is 47.2 Å². The normalized spacial score (nSPS) is 11.9. The van der Waals surface area contributed by atoms with Gasteiger partial charge in [-0.25, -0.2) is 4.98 Å². The Morgan fingerprint density at radius 2 is 1.78 bits per heavy atom. The molecule has 8 heteroatoms. The fourth-order valence-electron chi connectivity index (χ4n) is 4.17. The van der Waals surface area contributed by atoms with E-state index >= 15 is 0 Å². The lowest BCUT2D eigenvalue weighted by Crippen LogP contribution is -2.41. The van der Waals surface area contributed by atoms with E-state index in [1.807, 2.05) is 57.2 Å². The van der Waals surface area contributed by atoms with Crippen LogP contribution in [0.15, 0.2) is 71.5 Å². The van der Waals surface area contributed by atoms with E-state index in [1.54, 1.807) is 46.9 Å². The number of nitrogens with zero attached hydrogens (tertiary/aromatic N) is 3. The van der Waals surface area contributed by atoms with Gasteiger partial charge in [0.15, 0.2) is 6.61 Å². The average Bonchev–Trinajstić information content (AvgIpc) is 2.90. The maximum absolute atomic E-state index is 13.8. The quantitative estimate of drug-likeness (QED) is 0.301. The molecule has 0 aliphatic carbocycles. The van der Waals surface area contributed by atoms with E-state index in [2.05, 4.69) is 0 Å². The summed E-state index contributed by atoms with van der Waals surface area (Å²) in [5, 5.41) is 1.10. The number of hydrogen-bond acceptors (Lipinski definition) is 5. The molecule has 0 fully saturated rings. The molecule has 0 spiro atoms. The van der Waals surface area contributed by atoms with Crippen LogP contribution in [0.25, 0.3) is 16.6 Å².